The van der Waals surface area contributed by atoms with Gasteiger partial charge in [-0.3, -0.25) is 9.48 Å². The fraction of sp³-hybridized carbons (Fsp3) is 0.333. The van der Waals surface area contributed by atoms with Crippen molar-refractivity contribution < 1.29 is 9.18 Å². The van der Waals surface area contributed by atoms with Gasteiger partial charge in [-0.2, -0.15) is 15.0 Å². The van der Waals surface area contributed by atoms with Gasteiger partial charge in [0, 0.05) is 6.20 Å². The van der Waals surface area contributed by atoms with Crippen LogP contribution in [-0.4, -0.2) is 30.7 Å². The van der Waals surface area contributed by atoms with E-state index >= 15 is 0 Å². The first kappa shape index (κ1) is 16.4. The van der Waals surface area contributed by atoms with Crippen LogP contribution in [0.5, 0.6) is 0 Å². The molecule has 1 aliphatic rings. The van der Waals surface area contributed by atoms with E-state index < -0.39 is 0 Å². The van der Waals surface area contributed by atoms with Crippen LogP contribution >= 0.6 is 0 Å². The second-order valence-electron chi connectivity index (χ2n) is 6.40. The molecule has 8 heteroatoms. The largest absolute Gasteiger partial charge is 0.345 e. The molecule has 26 heavy (non-hydrogen) atoms. The summed E-state index contributed by atoms with van der Waals surface area (Å²) in [5.41, 5.74) is 1.60. The number of hydrogen-bond acceptors (Lipinski definition) is 4. The highest BCUT2D eigenvalue weighted by Crippen LogP contribution is 2.28. The number of halogens is 1. The topological polar surface area (TPSA) is 77.6 Å². The molecule has 4 rings (SSSR count). The van der Waals surface area contributed by atoms with Crippen LogP contribution in [0.3, 0.4) is 0 Å². The molecule has 0 unspecified atom stereocenters. The van der Waals surface area contributed by atoms with Crippen molar-refractivity contribution in [2.75, 3.05) is 0 Å². The van der Waals surface area contributed by atoms with E-state index in [0.717, 1.165) is 5.69 Å². The van der Waals surface area contributed by atoms with Gasteiger partial charge < -0.3 is 5.32 Å². The molecule has 134 valence electrons. The van der Waals surface area contributed by atoms with Crippen molar-refractivity contribution in [1.82, 2.24) is 30.1 Å². The van der Waals surface area contributed by atoms with Crippen molar-refractivity contribution >= 4 is 5.91 Å². The van der Waals surface area contributed by atoms with E-state index in [2.05, 4.69) is 20.6 Å². The third-order valence-electron chi connectivity index (χ3n) is 4.57. The van der Waals surface area contributed by atoms with Crippen molar-refractivity contribution in [2.45, 2.75) is 38.3 Å². The average molecular weight is 354 g/mol. The van der Waals surface area contributed by atoms with Crippen LogP contribution in [0.25, 0.3) is 5.69 Å². The molecule has 0 bridgehead atoms. The molecule has 7 nitrogen and oxygen atoms in total. The molecule has 3 aromatic rings. The summed E-state index contributed by atoms with van der Waals surface area (Å²) < 4.78 is 15.0. The molecule has 1 aromatic carbocycles. The molecule has 0 saturated heterocycles. The first-order chi connectivity index (χ1) is 12.7. The molecule has 2 aromatic heterocycles. The molecule has 1 saturated carbocycles. The summed E-state index contributed by atoms with van der Waals surface area (Å²) in [7, 11) is 0. The summed E-state index contributed by atoms with van der Waals surface area (Å²) in [6, 6.07) is 8.14. The third-order valence-corrected chi connectivity index (χ3v) is 4.57. The number of carbonyl (C=O) groups excluding carboxylic acids is 1. The number of amides is 1. The molecule has 1 aliphatic carbocycles. The van der Waals surface area contributed by atoms with Crippen molar-refractivity contribution in [2.24, 2.45) is 0 Å². The molecule has 2 heterocycles. The maximum Gasteiger partial charge on any atom is 0.273 e. The molecule has 0 aliphatic heterocycles. The highest BCUT2D eigenvalue weighted by molar-refractivity contribution is 5.91. The molecule has 1 fully saturated rings. The number of benzene rings is 1. The Bertz CT molecular complexity index is 895. The quantitative estimate of drug-likeness (QED) is 0.764. The highest BCUT2D eigenvalue weighted by atomic mass is 19.1. The minimum Gasteiger partial charge on any atom is -0.345 e. The Kier molecular flexibility index (Phi) is 4.47. The summed E-state index contributed by atoms with van der Waals surface area (Å²) in [6.07, 6.45) is 8.19. The van der Waals surface area contributed by atoms with Crippen LogP contribution in [-0.2, 0) is 6.54 Å². The zero-order valence-corrected chi connectivity index (χ0v) is 14.2. The highest BCUT2D eigenvalue weighted by Gasteiger charge is 2.18. The van der Waals surface area contributed by atoms with Gasteiger partial charge in [0.25, 0.3) is 5.91 Å². The number of nitrogens with one attached hydrogen (secondary N) is 1. The van der Waals surface area contributed by atoms with Gasteiger partial charge in [0.2, 0.25) is 0 Å². The van der Waals surface area contributed by atoms with Crippen molar-refractivity contribution in [1.29, 1.82) is 0 Å². The molecule has 0 spiro atoms. The molecule has 0 atom stereocenters. The maximum atomic E-state index is 13.0. The minimum atomic E-state index is -0.337. The Balaban J connectivity index is 1.37. The van der Waals surface area contributed by atoms with E-state index in [1.165, 1.54) is 48.8 Å². The Hall–Kier alpha value is -3.03. The number of rotatable bonds is 5. The van der Waals surface area contributed by atoms with Gasteiger partial charge in [-0.1, -0.05) is 12.8 Å². The van der Waals surface area contributed by atoms with Crippen LogP contribution in [0.4, 0.5) is 4.39 Å². The van der Waals surface area contributed by atoms with E-state index in [1.807, 2.05) is 16.9 Å². The third kappa shape index (κ3) is 3.49. The van der Waals surface area contributed by atoms with Gasteiger partial charge in [-0.25, -0.2) is 4.39 Å². The van der Waals surface area contributed by atoms with Crippen LogP contribution in [0, 0.1) is 5.82 Å². The Labute approximate surface area is 149 Å². The van der Waals surface area contributed by atoms with Crippen LogP contribution in [0.15, 0.2) is 42.7 Å². The number of carbonyl (C=O) groups is 1. The minimum absolute atomic E-state index is 0.199. The van der Waals surface area contributed by atoms with Crippen LogP contribution in [0.1, 0.15) is 47.9 Å². The number of nitrogens with zero attached hydrogens (tertiary/aromatic N) is 5. The van der Waals surface area contributed by atoms with E-state index in [-0.39, 0.29) is 17.4 Å². The summed E-state index contributed by atoms with van der Waals surface area (Å²) in [6.45, 7) is 0.335. The van der Waals surface area contributed by atoms with Gasteiger partial charge in [0.15, 0.2) is 5.69 Å². The predicted octanol–water partition coefficient (Wildman–Crippen LogP) is 2.65. The van der Waals surface area contributed by atoms with E-state index in [4.69, 9.17) is 0 Å². The summed E-state index contributed by atoms with van der Waals surface area (Å²) in [5, 5.41) is 15.5. The van der Waals surface area contributed by atoms with Gasteiger partial charge in [0.05, 0.1) is 30.2 Å². The monoisotopic (exact) mass is 354 g/mol. The second kappa shape index (κ2) is 7.07. The van der Waals surface area contributed by atoms with Gasteiger partial charge in [0.1, 0.15) is 5.82 Å². The lowest BCUT2D eigenvalue weighted by Gasteiger charge is -2.08. The SMILES string of the molecule is O=C(NCc1ccn(C2CCCC2)n1)c1cnn(-c2ccc(F)cc2)n1. The Morgan fingerprint density at radius 3 is 2.69 bits per heavy atom. The Morgan fingerprint density at radius 1 is 1.15 bits per heavy atom. The summed E-state index contributed by atoms with van der Waals surface area (Å²) in [5.74, 6) is -0.662. The normalized spacial score (nSPS) is 14.7. The van der Waals surface area contributed by atoms with Crippen molar-refractivity contribution in [3.63, 3.8) is 0 Å². The lowest BCUT2D eigenvalue weighted by Crippen LogP contribution is -2.24. The van der Waals surface area contributed by atoms with Gasteiger partial charge in [-0.05, 0) is 43.2 Å². The lowest BCUT2D eigenvalue weighted by atomic mass is 10.3. The van der Waals surface area contributed by atoms with Gasteiger partial charge >= 0.3 is 0 Å². The lowest BCUT2D eigenvalue weighted by molar-refractivity contribution is 0.0945. The molecule has 0 radical (unpaired) electrons. The Morgan fingerprint density at radius 2 is 1.92 bits per heavy atom. The van der Waals surface area contributed by atoms with Crippen molar-refractivity contribution in [3.8, 4) is 5.69 Å². The summed E-state index contributed by atoms with van der Waals surface area (Å²) >= 11 is 0. The zero-order valence-electron chi connectivity index (χ0n) is 14.2. The smallest absolute Gasteiger partial charge is 0.273 e. The fourth-order valence-electron chi connectivity index (χ4n) is 3.17. The van der Waals surface area contributed by atoms with E-state index in [0.29, 0.717) is 18.3 Å². The van der Waals surface area contributed by atoms with E-state index in [1.54, 1.807) is 12.1 Å². The van der Waals surface area contributed by atoms with E-state index in [9.17, 15) is 9.18 Å². The first-order valence-electron chi connectivity index (χ1n) is 8.69. The van der Waals surface area contributed by atoms with Crippen LogP contribution in [0.2, 0.25) is 0 Å². The standard InChI is InChI=1S/C18H19FN6O/c19-13-5-7-16(8-6-13)25-21-12-17(23-25)18(26)20-11-14-9-10-24(22-14)15-3-1-2-4-15/h5-10,12,15H,1-4,11H2,(H,20,26). The molecule has 1 N–H and O–H groups in total. The molecular formula is C18H19FN6O. The van der Waals surface area contributed by atoms with Gasteiger partial charge in [-0.15, -0.1) is 5.10 Å². The molecular weight excluding hydrogens is 335 g/mol. The first-order valence-corrected chi connectivity index (χ1v) is 8.69. The second-order valence-corrected chi connectivity index (χ2v) is 6.40. The fourth-order valence-corrected chi connectivity index (χ4v) is 3.17. The number of aromatic nitrogens is 5. The van der Waals surface area contributed by atoms with Crippen LogP contribution < -0.4 is 5.32 Å². The zero-order chi connectivity index (χ0) is 17.9. The maximum absolute atomic E-state index is 13.0. The number of hydrogen-bond donors (Lipinski definition) is 1. The average Bonchev–Trinajstić information content (AvgIpc) is 3.41. The summed E-state index contributed by atoms with van der Waals surface area (Å²) in [4.78, 5) is 13.6. The van der Waals surface area contributed by atoms with Crippen molar-refractivity contribution in [3.05, 3.63) is 59.9 Å². The molecule has 1 amide bonds. The predicted molar refractivity (Wildman–Crippen MR) is 92.2 cm³/mol.